The summed E-state index contributed by atoms with van der Waals surface area (Å²) in [5.74, 6) is -0.501. The topological polar surface area (TPSA) is 78.1 Å². The van der Waals surface area contributed by atoms with E-state index in [1.807, 2.05) is 0 Å². The summed E-state index contributed by atoms with van der Waals surface area (Å²) in [5, 5.41) is 2.91. The number of likely N-dealkylation sites (tertiary alicyclic amines) is 1. The standard InChI is InChI=1S/C19H23FN4O2/c20-16-6-4-14(5-7-16)17(24-8-2-1-3-9-24)12-22-18(25)10-15-11-21-13-23-19(15)26/h4-7,11,13,17H,1-3,8-10,12H2,(H,22,25)(H,21,23,26)/t17-/m0/s1. The molecule has 26 heavy (non-hydrogen) atoms. The maximum Gasteiger partial charge on any atom is 0.254 e. The zero-order chi connectivity index (χ0) is 18.4. The van der Waals surface area contributed by atoms with Gasteiger partial charge >= 0.3 is 0 Å². The van der Waals surface area contributed by atoms with Gasteiger partial charge in [0.25, 0.3) is 5.56 Å². The first-order valence-electron chi connectivity index (χ1n) is 8.91. The fourth-order valence-electron chi connectivity index (χ4n) is 3.32. The first kappa shape index (κ1) is 18.3. The molecule has 1 aliphatic heterocycles. The minimum Gasteiger partial charge on any atom is -0.354 e. The molecule has 0 saturated carbocycles. The number of H-pyrrole nitrogens is 1. The molecule has 0 radical (unpaired) electrons. The van der Waals surface area contributed by atoms with Crippen LogP contribution in [0.25, 0.3) is 0 Å². The Hall–Kier alpha value is -2.54. The third-order valence-electron chi connectivity index (χ3n) is 4.72. The zero-order valence-electron chi connectivity index (χ0n) is 14.6. The fourth-order valence-corrected chi connectivity index (χ4v) is 3.32. The lowest BCUT2D eigenvalue weighted by Crippen LogP contribution is -2.41. The Morgan fingerprint density at radius 3 is 2.65 bits per heavy atom. The van der Waals surface area contributed by atoms with Gasteiger partial charge < -0.3 is 10.3 Å². The van der Waals surface area contributed by atoms with Crippen molar-refractivity contribution in [1.82, 2.24) is 20.2 Å². The number of nitrogens with zero attached hydrogens (tertiary/aromatic N) is 2. The highest BCUT2D eigenvalue weighted by atomic mass is 19.1. The van der Waals surface area contributed by atoms with Gasteiger partial charge in [-0.25, -0.2) is 9.37 Å². The summed E-state index contributed by atoms with van der Waals surface area (Å²) in [6.45, 7) is 2.34. The van der Waals surface area contributed by atoms with Crippen molar-refractivity contribution >= 4 is 5.91 Å². The van der Waals surface area contributed by atoms with Gasteiger partial charge in [0.2, 0.25) is 5.91 Å². The van der Waals surface area contributed by atoms with E-state index in [1.54, 1.807) is 12.1 Å². The SMILES string of the molecule is O=C(Cc1cnc[nH]c1=O)NC[C@@H](c1ccc(F)cc1)N1CCCCC1. The molecule has 7 heteroatoms. The predicted octanol–water partition coefficient (Wildman–Crippen LogP) is 1.79. The normalized spacial score (nSPS) is 16.2. The van der Waals surface area contributed by atoms with Gasteiger partial charge in [-0.3, -0.25) is 14.5 Å². The second kappa shape index (κ2) is 8.71. The van der Waals surface area contributed by atoms with Crippen molar-refractivity contribution in [2.24, 2.45) is 0 Å². The molecule has 6 nitrogen and oxygen atoms in total. The molecular weight excluding hydrogens is 335 g/mol. The molecule has 1 aromatic heterocycles. The number of carbonyl (C=O) groups is 1. The summed E-state index contributed by atoms with van der Waals surface area (Å²) in [7, 11) is 0. The van der Waals surface area contributed by atoms with Crippen molar-refractivity contribution in [1.29, 1.82) is 0 Å². The van der Waals surface area contributed by atoms with Crippen LogP contribution in [-0.2, 0) is 11.2 Å². The monoisotopic (exact) mass is 358 g/mol. The second-order valence-electron chi connectivity index (χ2n) is 6.55. The highest BCUT2D eigenvalue weighted by Crippen LogP contribution is 2.24. The van der Waals surface area contributed by atoms with E-state index in [9.17, 15) is 14.0 Å². The summed E-state index contributed by atoms with van der Waals surface area (Å²) < 4.78 is 13.3. The molecule has 1 aromatic carbocycles. The number of amides is 1. The van der Waals surface area contributed by atoms with E-state index in [-0.39, 0.29) is 29.7 Å². The van der Waals surface area contributed by atoms with Crippen molar-refractivity contribution in [3.05, 3.63) is 64.1 Å². The molecule has 0 bridgehead atoms. The molecule has 3 rings (SSSR count). The number of nitrogens with one attached hydrogen (secondary N) is 2. The Labute approximate surface area is 151 Å². The highest BCUT2D eigenvalue weighted by Gasteiger charge is 2.23. The second-order valence-corrected chi connectivity index (χ2v) is 6.55. The van der Waals surface area contributed by atoms with E-state index < -0.39 is 0 Å². The van der Waals surface area contributed by atoms with Crippen molar-refractivity contribution in [2.45, 2.75) is 31.7 Å². The van der Waals surface area contributed by atoms with Gasteiger partial charge in [0, 0.05) is 18.3 Å². The van der Waals surface area contributed by atoms with Crippen LogP contribution in [0.1, 0.15) is 36.4 Å². The summed E-state index contributed by atoms with van der Waals surface area (Å²) in [6, 6.07) is 6.43. The van der Waals surface area contributed by atoms with Crippen LogP contribution in [0.3, 0.4) is 0 Å². The number of piperidine rings is 1. The molecule has 0 aliphatic carbocycles. The van der Waals surface area contributed by atoms with Gasteiger partial charge in [0.05, 0.1) is 18.8 Å². The molecule has 0 spiro atoms. The number of hydrogen-bond donors (Lipinski definition) is 2. The minimum atomic E-state index is -0.304. The van der Waals surface area contributed by atoms with Gasteiger partial charge in [-0.15, -0.1) is 0 Å². The minimum absolute atomic E-state index is 0.00738. The molecule has 1 atom stereocenters. The first-order valence-corrected chi connectivity index (χ1v) is 8.91. The molecule has 1 amide bonds. The maximum atomic E-state index is 13.3. The molecule has 0 unspecified atom stereocenters. The highest BCUT2D eigenvalue weighted by molar-refractivity contribution is 5.78. The maximum absolute atomic E-state index is 13.3. The molecule has 1 fully saturated rings. The third-order valence-corrected chi connectivity index (χ3v) is 4.72. The van der Waals surface area contributed by atoms with Crippen molar-refractivity contribution in [2.75, 3.05) is 19.6 Å². The van der Waals surface area contributed by atoms with Crippen LogP contribution in [0.2, 0.25) is 0 Å². The van der Waals surface area contributed by atoms with Crippen LogP contribution in [0.15, 0.2) is 41.6 Å². The fraction of sp³-hybridized carbons (Fsp3) is 0.421. The van der Waals surface area contributed by atoms with Crippen LogP contribution >= 0.6 is 0 Å². The van der Waals surface area contributed by atoms with Gasteiger partial charge in [0.15, 0.2) is 0 Å². The van der Waals surface area contributed by atoms with E-state index in [4.69, 9.17) is 0 Å². The predicted molar refractivity (Wildman–Crippen MR) is 96.1 cm³/mol. The van der Waals surface area contributed by atoms with E-state index in [1.165, 1.54) is 31.1 Å². The number of benzene rings is 1. The molecule has 138 valence electrons. The van der Waals surface area contributed by atoms with E-state index >= 15 is 0 Å². The lowest BCUT2D eigenvalue weighted by atomic mass is 10.0. The average molecular weight is 358 g/mol. The molecular formula is C19H23FN4O2. The van der Waals surface area contributed by atoms with Crippen LogP contribution in [0.5, 0.6) is 0 Å². The van der Waals surface area contributed by atoms with E-state index in [0.717, 1.165) is 31.5 Å². The number of hydrogen-bond acceptors (Lipinski definition) is 4. The number of aromatic amines is 1. The first-order chi connectivity index (χ1) is 12.6. The lowest BCUT2D eigenvalue weighted by Gasteiger charge is -2.35. The summed E-state index contributed by atoms with van der Waals surface area (Å²) in [5.41, 5.74) is 1.01. The van der Waals surface area contributed by atoms with Gasteiger partial charge in [-0.05, 0) is 43.6 Å². The zero-order valence-corrected chi connectivity index (χ0v) is 14.6. The Bertz CT molecular complexity index is 785. The van der Waals surface area contributed by atoms with Crippen LogP contribution in [0, 0.1) is 5.82 Å². The molecule has 2 aromatic rings. The molecule has 1 aliphatic rings. The van der Waals surface area contributed by atoms with E-state index in [0.29, 0.717) is 12.1 Å². The van der Waals surface area contributed by atoms with Gasteiger partial charge in [-0.2, -0.15) is 0 Å². The Kier molecular flexibility index (Phi) is 6.12. The summed E-state index contributed by atoms with van der Waals surface area (Å²) in [6.07, 6.45) is 6.14. The Balaban J connectivity index is 1.67. The number of aromatic nitrogens is 2. The lowest BCUT2D eigenvalue weighted by molar-refractivity contribution is -0.120. The number of halogens is 1. The van der Waals surface area contributed by atoms with Crippen LogP contribution in [-0.4, -0.2) is 40.4 Å². The van der Waals surface area contributed by atoms with E-state index in [2.05, 4.69) is 20.2 Å². The largest absolute Gasteiger partial charge is 0.354 e. The van der Waals surface area contributed by atoms with Gasteiger partial charge in [0.1, 0.15) is 5.82 Å². The summed E-state index contributed by atoms with van der Waals surface area (Å²) >= 11 is 0. The van der Waals surface area contributed by atoms with Crippen molar-refractivity contribution < 1.29 is 9.18 Å². The number of rotatable bonds is 6. The third kappa shape index (κ3) is 4.76. The molecule has 2 heterocycles. The molecule has 2 N–H and O–H groups in total. The van der Waals surface area contributed by atoms with Crippen molar-refractivity contribution in [3.8, 4) is 0 Å². The van der Waals surface area contributed by atoms with Gasteiger partial charge in [-0.1, -0.05) is 18.6 Å². The average Bonchev–Trinajstić information content (AvgIpc) is 2.66. The van der Waals surface area contributed by atoms with Crippen molar-refractivity contribution in [3.63, 3.8) is 0 Å². The number of carbonyl (C=O) groups excluding carboxylic acids is 1. The molecule has 1 saturated heterocycles. The smallest absolute Gasteiger partial charge is 0.254 e. The van der Waals surface area contributed by atoms with Crippen LogP contribution in [0.4, 0.5) is 4.39 Å². The quantitative estimate of drug-likeness (QED) is 0.825. The van der Waals surface area contributed by atoms with Crippen LogP contribution < -0.4 is 10.9 Å². The Morgan fingerprint density at radius 1 is 1.23 bits per heavy atom. The summed E-state index contributed by atoms with van der Waals surface area (Å²) in [4.78, 5) is 32.6. The Morgan fingerprint density at radius 2 is 1.96 bits per heavy atom.